The number of allylic oxidation sites excluding steroid dienone is 4. The first-order chi connectivity index (χ1) is 13.7. The van der Waals surface area contributed by atoms with Crippen molar-refractivity contribution in [2.24, 2.45) is 17.8 Å². The fourth-order valence-electron chi connectivity index (χ4n) is 6.12. The molecule has 0 radical (unpaired) electrons. The normalized spacial score (nSPS) is 30.9. The predicted octanol–water partition coefficient (Wildman–Crippen LogP) is 5.15. The molecule has 3 aliphatic rings. The molecule has 1 heterocycles. The van der Waals surface area contributed by atoms with Crippen LogP contribution < -0.4 is 10.6 Å². The minimum atomic E-state index is -1.58. The average Bonchev–Trinajstić information content (AvgIpc) is 3.04. The minimum Gasteiger partial charge on any atom is -0.299 e. The van der Waals surface area contributed by atoms with E-state index in [1.807, 2.05) is 0 Å². The molecule has 0 bridgehead atoms. The maximum absolute atomic E-state index is 3.52. The maximum Gasteiger partial charge on any atom is 0.129 e. The molecule has 1 aromatic carbocycles. The molecule has 29 heavy (non-hydrogen) atoms. The van der Waals surface area contributed by atoms with Crippen molar-refractivity contribution in [3.05, 3.63) is 53.6 Å². The van der Waals surface area contributed by atoms with Gasteiger partial charge in [0, 0.05) is 20.0 Å². The SMILES string of the molecule is CC1CC2C(c3ccc(C(C)(C)C)cc3)=CC=CC2C1[Si](C)(C)N1CNCNC1. The van der Waals surface area contributed by atoms with Crippen LogP contribution in [0.4, 0.5) is 0 Å². The molecule has 4 atom stereocenters. The van der Waals surface area contributed by atoms with Crippen LogP contribution >= 0.6 is 0 Å². The summed E-state index contributed by atoms with van der Waals surface area (Å²) in [7, 11) is -1.58. The summed E-state index contributed by atoms with van der Waals surface area (Å²) in [5.74, 6) is 2.11. The molecule has 2 N–H and O–H groups in total. The largest absolute Gasteiger partial charge is 0.299 e. The summed E-state index contributed by atoms with van der Waals surface area (Å²) in [5, 5.41) is 7.05. The lowest BCUT2D eigenvalue weighted by molar-refractivity contribution is 0.280. The van der Waals surface area contributed by atoms with Gasteiger partial charge < -0.3 is 0 Å². The van der Waals surface area contributed by atoms with Crippen LogP contribution in [0.3, 0.4) is 0 Å². The van der Waals surface area contributed by atoms with Gasteiger partial charge in [0.1, 0.15) is 8.24 Å². The van der Waals surface area contributed by atoms with Gasteiger partial charge >= 0.3 is 0 Å². The lowest BCUT2D eigenvalue weighted by Gasteiger charge is -2.47. The summed E-state index contributed by atoms with van der Waals surface area (Å²) in [6.45, 7) is 17.6. The third-order valence-electron chi connectivity index (χ3n) is 7.70. The van der Waals surface area contributed by atoms with Gasteiger partial charge in [-0.25, -0.2) is 0 Å². The van der Waals surface area contributed by atoms with Crippen molar-refractivity contribution in [1.82, 2.24) is 15.2 Å². The van der Waals surface area contributed by atoms with Crippen LogP contribution in [0.15, 0.2) is 42.5 Å². The highest BCUT2D eigenvalue weighted by atomic mass is 28.3. The monoisotopic (exact) mass is 409 g/mol. The molecule has 1 saturated carbocycles. The summed E-state index contributed by atoms with van der Waals surface area (Å²) in [4.78, 5) is 0. The second kappa shape index (κ2) is 7.81. The Labute approximate surface area is 178 Å². The molecule has 4 unspecified atom stereocenters. The summed E-state index contributed by atoms with van der Waals surface area (Å²) < 4.78 is 2.73. The van der Waals surface area contributed by atoms with E-state index in [0.717, 1.165) is 31.5 Å². The molecule has 0 amide bonds. The molecular formula is C25H39N3Si. The van der Waals surface area contributed by atoms with E-state index in [4.69, 9.17) is 0 Å². The summed E-state index contributed by atoms with van der Waals surface area (Å²) >= 11 is 0. The van der Waals surface area contributed by atoms with Gasteiger partial charge in [-0.3, -0.25) is 15.2 Å². The highest BCUT2D eigenvalue weighted by Gasteiger charge is 2.52. The van der Waals surface area contributed by atoms with Crippen LogP contribution in [0.2, 0.25) is 18.6 Å². The Morgan fingerprint density at radius 1 is 1.03 bits per heavy atom. The summed E-state index contributed by atoms with van der Waals surface area (Å²) in [5.41, 5.74) is 5.41. The molecule has 158 valence electrons. The molecule has 1 saturated heterocycles. The van der Waals surface area contributed by atoms with E-state index >= 15 is 0 Å². The Morgan fingerprint density at radius 2 is 1.69 bits per heavy atom. The third kappa shape index (κ3) is 3.92. The molecule has 4 heteroatoms. The van der Waals surface area contributed by atoms with Gasteiger partial charge in [-0.05, 0) is 51.8 Å². The molecule has 0 spiro atoms. The molecule has 1 aromatic rings. The molecule has 0 aromatic heterocycles. The number of benzene rings is 1. The molecule has 3 nitrogen and oxygen atoms in total. The minimum absolute atomic E-state index is 0.209. The fourth-order valence-corrected chi connectivity index (χ4v) is 10.4. The van der Waals surface area contributed by atoms with Gasteiger partial charge in [-0.2, -0.15) is 0 Å². The molecule has 1 aliphatic heterocycles. The van der Waals surface area contributed by atoms with Gasteiger partial charge in [-0.1, -0.05) is 83.3 Å². The average molecular weight is 410 g/mol. The van der Waals surface area contributed by atoms with Crippen molar-refractivity contribution in [1.29, 1.82) is 0 Å². The van der Waals surface area contributed by atoms with Gasteiger partial charge in [0.15, 0.2) is 0 Å². The quantitative estimate of drug-likeness (QED) is 0.676. The van der Waals surface area contributed by atoms with Crippen molar-refractivity contribution < 1.29 is 0 Å². The fraction of sp³-hybridized carbons (Fsp3) is 0.600. The Bertz CT molecular complexity index is 781. The maximum atomic E-state index is 3.52. The van der Waals surface area contributed by atoms with E-state index in [1.54, 1.807) is 5.57 Å². The van der Waals surface area contributed by atoms with Crippen molar-refractivity contribution in [2.45, 2.75) is 58.2 Å². The van der Waals surface area contributed by atoms with Gasteiger partial charge in [0.2, 0.25) is 0 Å². The highest BCUT2D eigenvalue weighted by molar-refractivity contribution is 6.76. The van der Waals surface area contributed by atoms with E-state index in [9.17, 15) is 0 Å². The zero-order chi connectivity index (χ0) is 20.8. The highest BCUT2D eigenvalue weighted by Crippen LogP contribution is 2.56. The third-order valence-corrected chi connectivity index (χ3v) is 12.2. The Morgan fingerprint density at radius 3 is 2.31 bits per heavy atom. The van der Waals surface area contributed by atoms with Gasteiger partial charge in [-0.15, -0.1) is 0 Å². The number of hydrogen-bond acceptors (Lipinski definition) is 3. The van der Waals surface area contributed by atoms with Crippen LogP contribution in [0, 0.1) is 17.8 Å². The zero-order valence-electron chi connectivity index (χ0n) is 19.1. The second-order valence-corrected chi connectivity index (χ2v) is 15.5. The second-order valence-electron chi connectivity index (χ2n) is 10.9. The predicted molar refractivity (Wildman–Crippen MR) is 127 cm³/mol. The van der Waals surface area contributed by atoms with Gasteiger partial charge in [0.25, 0.3) is 0 Å². The number of hydrogen-bond donors (Lipinski definition) is 2. The van der Waals surface area contributed by atoms with E-state index in [0.29, 0.717) is 11.8 Å². The Hall–Kier alpha value is -1.20. The first kappa shape index (κ1) is 21.0. The van der Waals surface area contributed by atoms with Crippen LogP contribution in [-0.2, 0) is 5.41 Å². The van der Waals surface area contributed by atoms with Crippen molar-refractivity contribution in [3.8, 4) is 0 Å². The van der Waals surface area contributed by atoms with E-state index < -0.39 is 8.24 Å². The topological polar surface area (TPSA) is 27.3 Å². The molecule has 4 rings (SSSR count). The Kier molecular flexibility index (Phi) is 5.66. The van der Waals surface area contributed by atoms with Crippen LogP contribution in [0.25, 0.3) is 5.57 Å². The smallest absolute Gasteiger partial charge is 0.129 e. The lowest BCUT2D eigenvalue weighted by Crippen LogP contribution is -2.63. The number of fused-ring (bicyclic) bond motifs is 1. The summed E-state index contributed by atoms with van der Waals surface area (Å²) in [6, 6.07) is 9.40. The standard InChI is InChI=1S/C25H39N3Si/c1-18-14-23-21(19-10-12-20(13-11-19)25(2,3)4)8-7-9-22(23)24(18)29(5,6)28-16-26-15-27-17-28/h7-13,18,22-24,26-27H,14-17H2,1-6H3. The van der Waals surface area contributed by atoms with Crippen LogP contribution in [-0.4, -0.2) is 32.8 Å². The van der Waals surface area contributed by atoms with Crippen molar-refractivity contribution in [2.75, 3.05) is 20.0 Å². The zero-order valence-corrected chi connectivity index (χ0v) is 20.1. The van der Waals surface area contributed by atoms with Gasteiger partial charge in [0.05, 0.1) is 0 Å². The van der Waals surface area contributed by atoms with Crippen molar-refractivity contribution >= 4 is 13.8 Å². The molecule has 2 aliphatic carbocycles. The number of nitrogens with one attached hydrogen (secondary N) is 2. The first-order valence-electron chi connectivity index (χ1n) is 11.4. The van der Waals surface area contributed by atoms with Crippen molar-refractivity contribution in [3.63, 3.8) is 0 Å². The molecule has 2 fully saturated rings. The van der Waals surface area contributed by atoms with E-state index in [-0.39, 0.29) is 5.41 Å². The Balaban J connectivity index is 1.59. The molecular weight excluding hydrogens is 370 g/mol. The van der Waals surface area contributed by atoms with Crippen LogP contribution in [0.1, 0.15) is 45.2 Å². The van der Waals surface area contributed by atoms with Crippen LogP contribution in [0.5, 0.6) is 0 Å². The van der Waals surface area contributed by atoms with E-state index in [1.165, 1.54) is 17.5 Å². The van der Waals surface area contributed by atoms with E-state index in [2.05, 4.69) is 98.5 Å². The number of nitrogens with zero attached hydrogens (tertiary/aromatic N) is 1. The summed E-state index contributed by atoms with van der Waals surface area (Å²) in [6.07, 6.45) is 8.58. The lowest BCUT2D eigenvalue weighted by atomic mass is 9.80. The first-order valence-corrected chi connectivity index (χ1v) is 14.4. The number of rotatable bonds is 3.